The monoisotopic (exact) mass is 254 g/mol. The Morgan fingerprint density at radius 3 is 2.33 bits per heavy atom. The molecule has 0 unspecified atom stereocenters. The maximum Gasteiger partial charge on any atom is 0.220 e. The molecular formula is C15H30N2O. The van der Waals surface area contributed by atoms with Gasteiger partial charge in [0.1, 0.15) is 0 Å². The van der Waals surface area contributed by atoms with Crippen molar-refractivity contribution in [3.63, 3.8) is 0 Å². The number of hydrogen-bond donors (Lipinski definition) is 2. The summed E-state index contributed by atoms with van der Waals surface area (Å²) in [6, 6.07) is 0. The molecule has 0 aromatic heterocycles. The number of carbonyl (C=O) groups is 1. The van der Waals surface area contributed by atoms with Crippen molar-refractivity contribution in [2.24, 2.45) is 17.1 Å². The quantitative estimate of drug-likeness (QED) is 0.734. The molecule has 0 aromatic rings. The SMILES string of the molecule is CCC(CC)(CN)CNC(=O)CC1CCCCC1. The highest BCUT2D eigenvalue weighted by Gasteiger charge is 2.25. The summed E-state index contributed by atoms with van der Waals surface area (Å²) >= 11 is 0. The van der Waals surface area contributed by atoms with Gasteiger partial charge in [-0.2, -0.15) is 0 Å². The van der Waals surface area contributed by atoms with Crippen molar-refractivity contribution in [1.82, 2.24) is 5.32 Å². The van der Waals surface area contributed by atoms with Crippen molar-refractivity contribution in [3.8, 4) is 0 Å². The fourth-order valence-electron chi connectivity index (χ4n) is 2.87. The molecule has 3 heteroatoms. The van der Waals surface area contributed by atoms with E-state index in [-0.39, 0.29) is 11.3 Å². The minimum absolute atomic E-state index is 0.0994. The van der Waals surface area contributed by atoms with Gasteiger partial charge in [-0.1, -0.05) is 33.1 Å². The van der Waals surface area contributed by atoms with E-state index in [1.165, 1.54) is 32.1 Å². The van der Waals surface area contributed by atoms with Crippen molar-refractivity contribution in [1.29, 1.82) is 0 Å². The van der Waals surface area contributed by atoms with E-state index in [0.29, 0.717) is 18.9 Å². The van der Waals surface area contributed by atoms with Crippen LogP contribution in [-0.4, -0.2) is 19.0 Å². The molecule has 1 rings (SSSR count). The van der Waals surface area contributed by atoms with Crippen LogP contribution in [0.3, 0.4) is 0 Å². The summed E-state index contributed by atoms with van der Waals surface area (Å²) in [4.78, 5) is 12.0. The second-order valence-corrected chi connectivity index (χ2v) is 5.90. The molecule has 0 heterocycles. The average molecular weight is 254 g/mol. The largest absolute Gasteiger partial charge is 0.355 e. The zero-order valence-corrected chi connectivity index (χ0v) is 12.1. The lowest BCUT2D eigenvalue weighted by Crippen LogP contribution is -2.42. The summed E-state index contributed by atoms with van der Waals surface area (Å²) in [6.45, 7) is 5.71. The summed E-state index contributed by atoms with van der Waals surface area (Å²) in [5.41, 5.74) is 5.95. The Morgan fingerprint density at radius 2 is 1.83 bits per heavy atom. The Morgan fingerprint density at radius 1 is 1.22 bits per heavy atom. The predicted octanol–water partition coefficient (Wildman–Crippen LogP) is 2.84. The third-order valence-corrected chi connectivity index (χ3v) is 4.79. The second-order valence-electron chi connectivity index (χ2n) is 5.90. The van der Waals surface area contributed by atoms with Crippen molar-refractivity contribution < 1.29 is 4.79 Å². The van der Waals surface area contributed by atoms with Gasteiger partial charge in [-0.05, 0) is 43.6 Å². The molecule has 1 aliphatic rings. The molecule has 3 N–H and O–H groups in total. The van der Waals surface area contributed by atoms with Crippen molar-refractivity contribution in [3.05, 3.63) is 0 Å². The third-order valence-electron chi connectivity index (χ3n) is 4.79. The van der Waals surface area contributed by atoms with Crippen LogP contribution >= 0.6 is 0 Å². The van der Waals surface area contributed by atoms with Crippen molar-refractivity contribution in [2.75, 3.05) is 13.1 Å². The first-order valence-electron chi connectivity index (χ1n) is 7.62. The zero-order chi connectivity index (χ0) is 13.4. The Kier molecular flexibility index (Phi) is 6.69. The zero-order valence-electron chi connectivity index (χ0n) is 12.1. The van der Waals surface area contributed by atoms with Gasteiger partial charge in [0.15, 0.2) is 0 Å². The molecule has 1 amide bonds. The molecule has 1 aliphatic carbocycles. The predicted molar refractivity (Wildman–Crippen MR) is 76.3 cm³/mol. The molecule has 106 valence electrons. The van der Waals surface area contributed by atoms with Crippen LogP contribution in [0.1, 0.15) is 65.2 Å². The van der Waals surface area contributed by atoms with E-state index in [4.69, 9.17) is 5.73 Å². The van der Waals surface area contributed by atoms with E-state index in [1.54, 1.807) is 0 Å². The maximum absolute atomic E-state index is 12.0. The Balaban J connectivity index is 2.30. The van der Waals surface area contributed by atoms with E-state index in [2.05, 4.69) is 19.2 Å². The highest BCUT2D eigenvalue weighted by molar-refractivity contribution is 5.76. The van der Waals surface area contributed by atoms with E-state index < -0.39 is 0 Å². The second kappa shape index (κ2) is 7.78. The summed E-state index contributed by atoms with van der Waals surface area (Å²) < 4.78 is 0. The van der Waals surface area contributed by atoms with Gasteiger partial charge in [-0.25, -0.2) is 0 Å². The average Bonchev–Trinajstić information content (AvgIpc) is 2.42. The summed E-state index contributed by atoms with van der Waals surface area (Å²) in [5.74, 6) is 0.843. The first kappa shape index (κ1) is 15.5. The fraction of sp³-hybridized carbons (Fsp3) is 0.933. The summed E-state index contributed by atoms with van der Waals surface area (Å²) in [6.07, 6.45) is 9.19. The molecule has 0 radical (unpaired) electrons. The van der Waals surface area contributed by atoms with Crippen LogP contribution in [0.5, 0.6) is 0 Å². The van der Waals surface area contributed by atoms with Crippen LogP contribution in [-0.2, 0) is 4.79 Å². The highest BCUT2D eigenvalue weighted by atomic mass is 16.1. The molecule has 18 heavy (non-hydrogen) atoms. The number of carbonyl (C=O) groups excluding carboxylic acids is 1. The van der Waals surface area contributed by atoms with Crippen LogP contribution in [0.15, 0.2) is 0 Å². The van der Waals surface area contributed by atoms with Crippen LogP contribution in [0.4, 0.5) is 0 Å². The number of hydrogen-bond acceptors (Lipinski definition) is 2. The molecule has 0 atom stereocenters. The number of nitrogens with two attached hydrogens (primary N) is 1. The van der Waals surface area contributed by atoms with Crippen molar-refractivity contribution in [2.45, 2.75) is 65.2 Å². The lowest BCUT2D eigenvalue weighted by Gasteiger charge is -2.30. The fourth-order valence-corrected chi connectivity index (χ4v) is 2.87. The third kappa shape index (κ3) is 4.60. The van der Waals surface area contributed by atoms with Gasteiger partial charge < -0.3 is 11.1 Å². The Labute approximate surface area is 112 Å². The summed E-state index contributed by atoms with van der Waals surface area (Å²) in [5, 5.41) is 3.10. The first-order valence-corrected chi connectivity index (χ1v) is 7.62. The lowest BCUT2D eigenvalue weighted by atomic mass is 9.82. The van der Waals surface area contributed by atoms with Crippen LogP contribution in [0.2, 0.25) is 0 Å². The van der Waals surface area contributed by atoms with Crippen LogP contribution < -0.4 is 11.1 Å². The molecule has 0 aromatic carbocycles. The van der Waals surface area contributed by atoms with Gasteiger partial charge in [0.05, 0.1) is 0 Å². The molecule has 1 saturated carbocycles. The molecule has 0 aliphatic heterocycles. The molecule has 1 fully saturated rings. The van der Waals surface area contributed by atoms with E-state index in [9.17, 15) is 4.79 Å². The Hall–Kier alpha value is -0.570. The first-order chi connectivity index (χ1) is 8.65. The van der Waals surface area contributed by atoms with Gasteiger partial charge in [0.25, 0.3) is 0 Å². The van der Waals surface area contributed by atoms with E-state index >= 15 is 0 Å². The van der Waals surface area contributed by atoms with Crippen LogP contribution in [0.25, 0.3) is 0 Å². The standard InChI is InChI=1S/C15H30N2O/c1-3-15(4-2,11-16)12-17-14(18)10-13-8-6-5-7-9-13/h13H,3-12,16H2,1-2H3,(H,17,18). The summed E-state index contributed by atoms with van der Waals surface area (Å²) in [7, 11) is 0. The molecule has 0 bridgehead atoms. The van der Waals surface area contributed by atoms with E-state index in [1.807, 2.05) is 0 Å². The van der Waals surface area contributed by atoms with Crippen LogP contribution in [0, 0.1) is 11.3 Å². The molecular weight excluding hydrogens is 224 g/mol. The van der Waals surface area contributed by atoms with E-state index in [0.717, 1.165) is 19.4 Å². The molecule has 0 spiro atoms. The maximum atomic E-state index is 12.0. The number of rotatable bonds is 7. The van der Waals surface area contributed by atoms with Crippen molar-refractivity contribution >= 4 is 5.91 Å². The smallest absolute Gasteiger partial charge is 0.220 e. The highest BCUT2D eigenvalue weighted by Crippen LogP contribution is 2.27. The molecule has 0 saturated heterocycles. The van der Waals surface area contributed by atoms with Gasteiger partial charge >= 0.3 is 0 Å². The minimum Gasteiger partial charge on any atom is -0.355 e. The number of amides is 1. The van der Waals surface area contributed by atoms with Gasteiger partial charge in [0.2, 0.25) is 5.91 Å². The minimum atomic E-state index is 0.0994. The Bertz CT molecular complexity index is 235. The topological polar surface area (TPSA) is 55.1 Å². The lowest BCUT2D eigenvalue weighted by molar-refractivity contribution is -0.122. The number of nitrogens with one attached hydrogen (secondary N) is 1. The molecule has 3 nitrogen and oxygen atoms in total. The van der Waals surface area contributed by atoms with Gasteiger partial charge in [-0.3, -0.25) is 4.79 Å². The van der Waals surface area contributed by atoms with Gasteiger partial charge in [0, 0.05) is 13.0 Å². The normalized spacial score (nSPS) is 17.7. The van der Waals surface area contributed by atoms with Gasteiger partial charge in [-0.15, -0.1) is 0 Å².